The third-order valence-corrected chi connectivity index (χ3v) is 10.2. The van der Waals surface area contributed by atoms with E-state index in [0.29, 0.717) is 5.82 Å². The number of hydrogen-bond donors (Lipinski definition) is 0. The third kappa shape index (κ3) is 3.81. The van der Waals surface area contributed by atoms with E-state index >= 15 is 0 Å². The summed E-state index contributed by atoms with van der Waals surface area (Å²) in [7, 11) is 0. The van der Waals surface area contributed by atoms with Crippen LogP contribution in [0.5, 0.6) is 0 Å². The Labute approximate surface area is 287 Å². The monoisotopic (exact) mass is 636 g/mol. The van der Waals surface area contributed by atoms with Gasteiger partial charge in [-0.25, -0.2) is 9.97 Å². The average Bonchev–Trinajstić information content (AvgIpc) is 3.83. The van der Waals surface area contributed by atoms with E-state index in [-0.39, 0.29) is 0 Å². The van der Waals surface area contributed by atoms with Gasteiger partial charge >= 0.3 is 0 Å². The molecule has 11 aromatic rings. The zero-order valence-electron chi connectivity index (χ0n) is 27.0. The molecule has 0 saturated carbocycles. The van der Waals surface area contributed by atoms with Crippen LogP contribution in [0.3, 0.4) is 0 Å². The van der Waals surface area contributed by atoms with Crippen LogP contribution in [0.15, 0.2) is 170 Å². The van der Waals surface area contributed by atoms with Gasteiger partial charge in [0.1, 0.15) is 5.65 Å². The minimum absolute atomic E-state index is 0.709. The van der Waals surface area contributed by atoms with E-state index in [1.807, 2.05) is 18.2 Å². The highest BCUT2D eigenvalue weighted by molar-refractivity contribution is 6.24. The molecule has 0 radical (unpaired) electrons. The molecule has 0 atom stereocenters. The van der Waals surface area contributed by atoms with Crippen LogP contribution in [0, 0.1) is 0 Å². The number of para-hydroxylation sites is 3. The first-order valence-corrected chi connectivity index (χ1v) is 17.0. The molecule has 0 bridgehead atoms. The van der Waals surface area contributed by atoms with Gasteiger partial charge in [0.05, 0.1) is 33.1 Å². The van der Waals surface area contributed by atoms with Gasteiger partial charge in [0.2, 0.25) is 0 Å². The van der Waals surface area contributed by atoms with Crippen molar-refractivity contribution in [2.24, 2.45) is 0 Å². The first-order valence-electron chi connectivity index (χ1n) is 17.0. The standard InChI is InChI=1S/C46H28N4/c1-4-14-29(15-5-1)43-42-38-26-31(32-27-36-34-20-10-12-22-39(34)50-40-23-13-11-21-35(40)37(28-32)44(36)50)24-25-41(38)49(33-18-8-3-9-19-33)46(42)48-45(47-43)30-16-6-2-7-17-30/h1-28H. The Morgan fingerprint density at radius 3 is 1.60 bits per heavy atom. The molecule has 4 heteroatoms. The van der Waals surface area contributed by atoms with Gasteiger partial charge in [-0.15, -0.1) is 0 Å². The summed E-state index contributed by atoms with van der Waals surface area (Å²) in [4.78, 5) is 10.6. The number of fused-ring (bicyclic) bond motifs is 9. The molecule has 0 aliphatic carbocycles. The lowest BCUT2D eigenvalue weighted by molar-refractivity contribution is 1.11. The fraction of sp³-hybridized carbons (Fsp3) is 0. The van der Waals surface area contributed by atoms with Gasteiger partial charge in [0, 0.05) is 43.7 Å². The number of hydrogen-bond acceptors (Lipinski definition) is 2. The van der Waals surface area contributed by atoms with Crippen LogP contribution in [-0.4, -0.2) is 18.9 Å². The van der Waals surface area contributed by atoms with Gasteiger partial charge in [-0.1, -0.05) is 121 Å². The second-order valence-corrected chi connectivity index (χ2v) is 13.0. The Kier molecular flexibility index (Phi) is 5.63. The number of rotatable bonds is 4. The Morgan fingerprint density at radius 2 is 0.940 bits per heavy atom. The van der Waals surface area contributed by atoms with Gasteiger partial charge in [-0.3, -0.25) is 4.57 Å². The molecule has 50 heavy (non-hydrogen) atoms. The second-order valence-electron chi connectivity index (χ2n) is 13.0. The van der Waals surface area contributed by atoms with E-state index in [4.69, 9.17) is 9.97 Å². The van der Waals surface area contributed by atoms with Crippen molar-refractivity contribution in [2.45, 2.75) is 0 Å². The summed E-state index contributed by atoms with van der Waals surface area (Å²) in [5.74, 6) is 0.709. The lowest BCUT2D eigenvalue weighted by atomic mass is 9.97. The fourth-order valence-electron chi connectivity index (χ4n) is 8.06. The molecule has 0 amide bonds. The van der Waals surface area contributed by atoms with Crippen LogP contribution in [-0.2, 0) is 0 Å². The number of benzene rings is 7. The molecular formula is C46H28N4. The smallest absolute Gasteiger partial charge is 0.162 e. The van der Waals surface area contributed by atoms with Crippen molar-refractivity contribution in [3.05, 3.63) is 170 Å². The van der Waals surface area contributed by atoms with Gasteiger partial charge in [0.25, 0.3) is 0 Å². The van der Waals surface area contributed by atoms with E-state index in [2.05, 4.69) is 161 Å². The molecule has 4 nitrogen and oxygen atoms in total. The van der Waals surface area contributed by atoms with E-state index in [9.17, 15) is 0 Å². The maximum Gasteiger partial charge on any atom is 0.162 e. The summed E-state index contributed by atoms with van der Waals surface area (Å²) in [5.41, 5.74) is 12.2. The lowest BCUT2D eigenvalue weighted by Crippen LogP contribution is -1.99. The molecule has 7 aromatic carbocycles. The molecular weight excluding hydrogens is 609 g/mol. The third-order valence-electron chi connectivity index (χ3n) is 10.2. The van der Waals surface area contributed by atoms with E-state index < -0.39 is 0 Å². The summed E-state index contributed by atoms with van der Waals surface area (Å²) in [6.07, 6.45) is 0. The molecule has 0 spiro atoms. The van der Waals surface area contributed by atoms with E-state index in [1.54, 1.807) is 0 Å². The predicted molar refractivity (Wildman–Crippen MR) is 207 cm³/mol. The van der Waals surface area contributed by atoms with Crippen molar-refractivity contribution in [1.29, 1.82) is 0 Å². The van der Waals surface area contributed by atoms with Gasteiger partial charge in [-0.2, -0.15) is 0 Å². The lowest BCUT2D eigenvalue weighted by Gasteiger charge is -2.10. The molecule has 0 saturated heterocycles. The highest BCUT2D eigenvalue weighted by atomic mass is 15.1. The highest BCUT2D eigenvalue weighted by Gasteiger charge is 2.23. The van der Waals surface area contributed by atoms with Crippen LogP contribution >= 0.6 is 0 Å². The Hall–Kier alpha value is -6.78. The van der Waals surface area contributed by atoms with Crippen LogP contribution in [0.2, 0.25) is 0 Å². The van der Waals surface area contributed by atoms with Crippen molar-refractivity contribution >= 4 is 60.0 Å². The van der Waals surface area contributed by atoms with Crippen LogP contribution in [0.4, 0.5) is 0 Å². The molecule has 0 N–H and O–H groups in total. The summed E-state index contributed by atoms with van der Waals surface area (Å²) >= 11 is 0. The molecule has 232 valence electrons. The maximum absolute atomic E-state index is 5.32. The Bertz CT molecular complexity index is 2980. The van der Waals surface area contributed by atoms with Crippen LogP contribution < -0.4 is 0 Å². The zero-order valence-corrected chi connectivity index (χ0v) is 27.0. The minimum atomic E-state index is 0.709. The van der Waals surface area contributed by atoms with Crippen LogP contribution in [0.1, 0.15) is 0 Å². The molecule has 4 aromatic heterocycles. The quantitative estimate of drug-likeness (QED) is 0.193. The Balaban J connectivity index is 1.26. The van der Waals surface area contributed by atoms with Crippen molar-refractivity contribution in [1.82, 2.24) is 18.9 Å². The molecule has 11 rings (SSSR count). The minimum Gasteiger partial charge on any atom is -0.308 e. The van der Waals surface area contributed by atoms with Crippen LogP contribution in [0.25, 0.3) is 99.5 Å². The van der Waals surface area contributed by atoms with Gasteiger partial charge < -0.3 is 4.40 Å². The van der Waals surface area contributed by atoms with Gasteiger partial charge in [-0.05, 0) is 59.7 Å². The Morgan fingerprint density at radius 1 is 0.380 bits per heavy atom. The average molecular weight is 637 g/mol. The molecule has 0 fully saturated rings. The molecule has 0 aliphatic rings. The summed E-state index contributed by atoms with van der Waals surface area (Å²) in [6, 6.07) is 60.5. The zero-order chi connectivity index (χ0) is 32.8. The van der Waals surface area contributed by atoms with Crippen molar-refractivity contribution in [2.75, 3.05) is 0 Å². The van der Waals surface area contributed by atoms with Crippen molar-refractivity contribution in [3.63, 3.8) is 0 Å². The van der Waals surface area contributed by atoms with Crippen molar-refractivity contribution < 1.29 is 0 Å². The summed E-state index contributed by atoms with van der Waals surface area (Å²) < 4.78 is 4.73. The number of aromatic nitrogens is 4. The largest absolute Gasteiger partial charge is 0.308 e. The maximum atomic E-state index is 5.32. The predicted octanol–water partition coefficient (Wildman–Crippen LogP) is 11.7. The molecule has 0 unspecified atom stereocenters. The van der Waals surface area contributed by atoms with Crippen molar-refractivity contribution in [3.8, 4) is 39.5 Å². The number of nitrogens with zero attached hydrogens (tertiary/aromatic N) is 4. The van der Waals surface area contributed by atoms with E-state index in [0.717, 1.165) is 50.0 Å². The highest BCUT2D eigenvalue weighted by Crippen LogP contribution is 2.44. The molecule has 4 heterocycles. The second kappa shape index (κ2) is 10.4. The SMILES string of the molecule is c1ccc(-c2nc(-c3ccccc3)c3c4cc(-c5cc6c7ccccc7n7c8ccccc8c(c5)c67)ccc4n(-c4ccccc4)c3n2)cc1. The summed E-state index contributed by atoms with van der Waals surface area (Å²) in [6.45, 7) is 0. The fourth-order valence-corrected chi connectivity index (χ4v) is 8.06. The first-order chi connectivity index (χ1) is 24.8. The molecule has 0 aliphatic heterocycles. The summed E-state index contributed by atoms with van der Waals surface area (Å²) in [5, 5.41) is 7.27. The van der Waals surface area contributed by atoms with E-state index in [1.165, 1.54) is 43.7 Å². The normalized spacial score (nSPS) is 12.0. The van der Waals surface area contributed by atoms with Gasteiger partial charge in [0.15, 0.2) is 5.82 Å². The first kappa shape index (κ1) is 27.2. The topological polar surface area (TPSA) is 35.1 Å².